The van der Waals surface area contributed by atoms with E-state index in [-0.39, 0.29) is 11.4 Å². The molecule has 0 saturated heterocycles. The van der Waals surface area contributed by atoms with E-state index in [1.807, 2.05) is 24.3 Å². The predicted octanol–water partition coefficient (Wildman–Crippen LogP) is 2.32. The molecule has 0 amide bonds. The van der Waals surface area contributed by atoms with Gasteiger partial charge in [0.1, 0.15) is 5.60 Å². The van der Waals surface area contributed by atoms with Crippen molar-refractivity contribution < 1.29 is 14.7 Å². The van der Waals surface area contributed by atoms with Gasteiger partial charge in [0.05, 0.1) is 5.57 Å². The van der Waals surface area contributed by atoms with Crippen molar-refractivity contribution in [3.05, 3.63) is 58.7 Å². The first-order valence-electron chi connectivity index (χ1n) is 6.45. The molecule has 3 heteroatoms. The Bertz CT molecular complexity index is 725. The van der Waals surface area contributed by atoms with Gasteiger partial charge in [-0.05, 0) is 42.7 Å². The van der Waals surface area contributed by atoms with Crippen LogP contribution < -0.4 is 0 Å². The van der Waals surface area contributed by atoms with Crippen LogP contribution in [0.15, 0.2) is 47.6 Å². The molecule has 1 N–H and O–H groups in total. The zero-order chi connectivity index (χ0) is 14.5. The van der Waals surface area contributed by atoms with Crippen molar-refractivity contribution in [1.82, 2.24) is 0 Å². The number of hydrogen-bond donors (Lipinski definition) is 1. The Hall–Kier alpha value is -2.26. The molecule has 0 spiro atoms. The Morgan fingerprint density at radius 3 is 2.50 bits per heavy atom. The van der Waals surface area contributed by atoms with E-state index in [2.05, 4.69) is 0 Å². The highest BCUT2D eigenvalue weighted by atomic mass is 16.3. The lowest BCUT2D eigenvalue weighted by Crippen LogP contribution is -2.35. The van der Waals surface area contributed by atoms with E-state index in [4.69, 9.17) is 0 Å². The van der Waals surface area contributed by atoms with Crippen molar-refractivity contribution in [3.63, 3.8) is 0 Å². The second-order valence-electron chi connectivity index (χ2n) is 5.52. The van der Waals surface area contributed by atoms with Gasteiger partial charge >= 0.3 is 0 Å². The highest BCUT2D eigenvalue weighted by molar-refractivity contribution is 6.36. The zero-order valence-corrected chi connectivity index (χ0v) is 11.3. The third kappa shape index (κ3) is 1.79. The number of carbonyl (C=O) groups excluding carboxylic acids is 2. The molecule has 0 bridgehead atoms. The molecule has 0 atom stereocenters. The molecule has 0 saturated carbocycles. The molecule has 3 rings (SSSR count). The quantitative estimate of drug-likeness (QED) is 0.836. The van der Waals surface area contributed by atoms with Crippen molar-refractivity contribution in [2.45, 2.75) is 19.4 Å². The highest BCUT2D eigenvalue weighted by Gasteiger charge is 2.36. The first-order chi connectivity index (χ1) is 9.39. The van der Waals surface area contributed by atoms with Crippen LogP contribution in [0.1, 0.15) is 25.0 Å². The van der Waals surface area contributed by atoms with Crippen LogP contribution in [-0.2, 0) is 9.59 Å². The summed E-state index contributed by atoms with van der Waals surface area (Å²) >= 11 is 0. The number of allylic oxidation sites excluding steroid dienone is 4. The van der Waals surface area contributed by atoms with E-state index in [9.17, 15) is 14.7 Å². The van der Waals surface area contributed by atoms with Gasteiger partial charge in [-0.1, -0.05) is 30.3 Å². The topological polar surface area (TPSA) is 54.4 Å². The van der Waals surface area contributed by atoms with Gasteiger partial charge in [-0.15, -0.1) is 0 Å². The first-order valence-corrected chi connectivity index (χ1v) is 6.45. The maximum absolute atomic E-state index is 12.5. The van der Waals surface area contributed by atoms with Crippen molar-refractivity contribution >= 4 is 23.2 Å². The number of aliphatic hydroxyl groups is 1. The van der Waals surface area contributed by atoms with Gasteiger partial charge in [0, 0.05) is 5.57 Å². The summed E-state index contributed by atoms with van der Waals surface area (Å²) in [6, 6.07) is 7.72. The van der Waals surface area contributed by atoms with Crippen molar-refractivity contribution in [2.75, 3.05) is 0 Å². The first kappa shape index (κ1) is 12.8. The number of hydrogen-bond acceptors (Lipinski definition) is 3. The monoisotopic (exact) mass is 266 g/mol. The standard InChI is InChI=1S/C17H14O3/c1-17(2,20)16(19)13-8-7-12-11-6-4-3-5-10(11)9-14(12)15(13)18/h3-9,20H,1-2H3. The summed E-state index contributed by atoms with van der Waals surface area (Å²) in [7, 11) is 0. The van der Waals surface area contributed by atoms with Crippen LogP contribution in [0, 0.1) is 0 Å². The van der Waals surface area contributed by atoms with Gasteiger partial charge in [0.15, 0.2) is 11.6 Å². The smallest absolute Gasteiger partial charge is 0.197 e. The lowest BCUT2D eigenvalue weighted by Gasteiger charge is -2.19. The molecule has 0 unspecified atom stereocenters. The average molecular weight is 266 g/mol. The van der Waals surface area contributed by atoms with Crippen molar-refractivity contribution in [2.24, 2.45) is 0 Å². The molecule has 2 aliphatic rings. The Morgan fingerprint density at radius 2 is 1.80 bits per heavy atom. The molecular formula is C17H14O3. The van der Waals surface area contributed by atoms with Gasteiger partial charge in [-0.2, -0.15) is 0 Å². The summed E-state index contributed by atoms with van der Waals surface area (Å²) in [5, 5.41) is 9.79. The molecule has 1 aromatic carbocycles. The molecule has 2 aliphatic carbocycles. The normalized spacial score (nSPS) is 16.9. The molecule has 0 aromatic heterocycles. The lowest BCUT2D eigenvalue weighted by atomic mass is 9.85. The summed E-state index contributed by atoms with van der Waals surface area (Å²) in [5.74, 6) is -0.861. The molecule has 0 radical (unpaired) electrons. The molecular weight excluding hydrogens is 252 g/mol. The second-order valence-corrected chi connectivity index (χ2v) is 5.52. The Labute approximate surface area is 116 Å². The van der Waals surface area contributed by atoms with Crippen LogP contribution >= 0.6 is 0 Å². The van der Waals surface area contributed by atoms with E-state index < -0.39 is 11.4 Å². The number of carbonyl (C=O) groups is 2. The largest absolute Gasteiger partial charge is 0.382 e. The third-order valence-electron chi connectivity index (χ3n) is 3.55. The number of ketones is 2. The van der Waals surface area contributed by atoms with Crippen LogP contribution in [0.3, 0.4) is 0 Å². The van der Waals surface area contributed by atoms with E-state index in [0.29, 0.717) is 5.57 Å². The fourth-order valence-electron chi connectivity index (χ4n) is 2.51. The number of benzene rings is 1. The SMILES string of the molecule is CC(C)(O)C(=O)C1=CC=C2C(=Cc3ccccc32)C1=O. The molecule has 0 aliphatic heterocycles. The minimum absolute atomic E-state index is 0.0420. The number of rotatable bonds is 2. The third-order valence-corrected chi connectivity index (χ3v) is 3.55. The van der Waals surface area contributed by atoms with Crippen LogP contribution in [0.4, 0.5) is 0 Å². The Morgan fingerprint density at radius 1 is 1.10 bits per heavy atom. The number of fused-ring (bicyclic) bond motifs is 3. The summed E-state index contributed by atoms with van der Waals surface area (Å²) in [4.78, 5) is 24.6. The minimum Gasteiger partial charge on any atom is -0.382 e. The van der Waals surface area contributed by atoms with E-state index >= 15 is 0 Å². The van der Waals surface area contributed by atoms with E-state index in [1.165, 1.54) is 19.9 Å². The molecule has 1 aromatic rings. The summed E-state index contributed by atoms with van der Waals surface area (Å²) in [5.41, 5.74) is 1.85. The summed E-state index contributed by atoms with van der Waals surface area (Å²) in [6.45, 7) is 2.78. The van der Waals surface area contributed by atoms with Crippen molar-refractivity contribution in [1.29, 1.82) is 0 Å². The predicted molar refractivity (Wildman–Crippen MR) is 76.8 cm³/mol. The van der Waals surface area contributed by atoms with Crippen LogP contribution in [0.2, 0.25) is 0 Å². The fourth-order valence-corrected chi connectivity index (χ4v) is 2.51. The highest BCUT2D eigenvalue weighted by Crippen LogP contribution is 2.39. The number of Topliss-reactive ketones (excluding diaryl/α,β-unsaturated/α-hetero) is 2. The molecule has 0 heterocycles. The summed E-state index contributed by atoms with van der Waals surface area (Å²) in [6.07, 6.45) is 5.09. The van der Waals surface area contributed by atoms with E-state index in [1.54, 1.807) is 12.2 Å². The lowest BCUT2D eigenvalue weighted by molar-refractivity contribution is -0.131. The van der Waals surface area contributed by atoms with Gasteiger partial charge in [0.25, 0.3) is 0 Å². The maximum Gasteiger partial charge on any atom is 0.197 e. The van der Waals surface area contributed by atoms with Crippen LogP contribution in [-0.4, -0.2) is 22.3 Å². The minimum atomic E-state index is -1.54. The Balaban J connectivity index is 2.08. The Kier molecular flexibility index (Phi) is 2.63. The van der Waals surface area contributed by atoms with Crippen molar-refractivity contribution in [3.8, 4) is 0 Å². The zero-order valence-electron chi connectivity index (χ0n) is 11.3. The van der Waals surface area contributed by atoms with Crippen LogP contribution in [0.25, 0.3) is 11.6 Å². The van der Waals surface area contributed by atoms with Gasteiger partial charge in [0.2, 0.25) is 0 Å². The average Bonchev–Trinajstić information content (AvgIpc) is 2.77. The van der Waals surface area contributed by atoms with Gasteiger partial charge < -0.3 is 5.11 Å². The molecule has 0 fully saturated rings. The molecule has 100 valence electrons. The summed E-state index contributed by atoms with van der Waals surface area (Å²) < 4.78 is 0. The molecule has 3 nitrogen and oxygen atoms in total. The molecule has 20 heavy (non-hydrogen) atoms. The van der Waals surface area contributed by atoms with Crippen LogP contribution in [0.5, 0.6) is 0 Å². The maximum atomic E-state index is 12.5. The second kappa shape index (κ2) is 4.12. The van der Waals surface area contributed by atoms with E-state index in [0.717, 1.165) is 16.7 Å². The fraction of sp³-hybridized carbons (Fsp3) is 0.176. The van der Waals surface area contributed by atoms with Gasteiger partial charge in [-0.25, -0.2) is 0 Å². The van der Waals surface area contributed by atoms with Gasteiger partial charge in [-0.3, -0.25) is 9.59 Å².